The second-order valence-corrected chi connectivity index (χ2v) is 5.70. The van der Waals surface area contributed by atoms with Gasteiger partial charge in [0.2, 0.25) is 0 Å². The molecule has 2 nitrogen and oxygen atoms in total. The van der Waals surface area contributed by atoms with Gasteiger partial charge in [-0.2, -0.15) is 0 Å². The molecule has 2 aromatic rings. The Balaban J connectivity index is 1.87. The van der Waals surface area contributed by atoms with Gasteiger partial charge in [-0.05, 0) is 37.9 Å². The Morgan fingerprint density at radius 1 is 1.11 bits per heavy atom. The van der Waals surface area contributed by atoms with Crippen LogP contribution in [0.2, 0.25) is 0 Å². The minimum absolute atomic E-state index is 0.366. The Kier molecular flexibility index (Phi) is 3.88. The number of rotatable bonds is 3. The average molecular weight is 257 g/mol. The van der Waals surface area contributed by atoms with Crippen molar-refractivity contribution in [3.63, 3.8) is 0 Å². The molecule has 1 aliphatic rings. The molecule has 1 fully saturated rings. The van der Waals surface area contributed by atoms with Crippen molar-refractivity contribution in [1.29, 1.82) is 0 Å². The Hall–Kier alpha value is -1.28. The third kappa shape index (κ3) is 2.69. The first-order chi connectivity index (χ1) is 9.38. The summed E-state index contributed by atoms with van der Waals surface area (Å²) in [6.45, 7) is 0. The van der Waals surface area contributed by atoms with E-state index in [1.165, 1.54) is 43.9 Å². The lowest BCUT2D eigenvalue weighted by molar-refractivity contribution is 0.302. The zero-order chi connectivity index (χ0) is 13.1. The minimum atomic E-state index is 0.366. The molecule has 1 aliphatic carbocycles. The van der Waals surface area contributed by atoms with Crippen LogP contribution in [0.5, 0.6) is 0 Å². The first kappa shape index (κ1) is 12.7. The van der Waals surface area contributed by atoms with E-state index in [0.717, 1.165) is 11.3 Å². The fraction of sp³-hybridized carbons (Fsp3) is 0.529. The van der Waals surface area contributed by atoms with Gasteiger partial charge < -0.3 is 9.73 Å². The zero-order valence-corrected chi connectivity index (χ0v) is 11.7. The van der Waals surface area contributed by atoms with Gasteiger partial charge in [0.05, 0.1) is 6.04 Å². The summed E-state index contributed by atoms with van der Waals surface area (Å²) in [5.41, 5.74) is 1.01. The lowest BCUT2D eigenvalue weighted by atomic mass is 9.90. The Labute approximate surface area is 115 Å². The number of furan rings is 1. The number of benzene rings is 1. The van der Waals surface area contributed by atoms with E-state index < -0.39 is 0 Å². The minimum Gasteiger partial charge on any atom is -0.459 e. The Bertz CT molecular complexity index is 490. The molecule has 102 valence electrons. The van der Waals surface area contributed by atoms with Crippen LogP contribution in [0.1, 0.15) is 50.3 Å². The molecule has 0 bridgehead atoms. The molecule has 1 saturated carbocycles. The van der Waals surface area contributed by atoms with Crippen molar-refractivity contribution < 1.29 is 4.42 Å². The highest BCUT2D eigenvalue weighted by Crippen LogP contribution is 2.35. The van der Waals surface area contributed by atoms with Crippen LogP contribution in [-0.4, -0.2) is 7.05 Å². The van der Waals surface area contributed by atoms with Crippen molar-refractivity contribution in [2.24, 2.45) is 5.92 Å². The zero-order valence-electron chi connectivity index (χ0n) is 11.7. The normalized spacial score (nSPS) is 19.4. The lowest BCUT2D eigenvalue weighted by Gasteiger charge is -2.23. The first-order valence-electron chi connectivity index (χ1n) is 7.54. The number of nitrogens with one attached hydrogen (secondary N) is 1. The number of hydrogen-bond donors (Lipinski definition) is 1. The molecule has 1 aromatic carbocycles. The molecule has 0 saturated heterocycles. The van der Waals surface area contributed by atoms with Crippen LogP contribution >= 0.6 is 0 Å². The van der Waals surface area contributed by atoms with Gasteiger partial charge in [-0.25, -0.2) is 0 Å². The van der Waals surface area contributed by atoms with E-state index in [-0.39, 0.29) is 0 Å². The molecule has 3 rings (SSSR count). The van der Waals surface area contributed by atoms with Crippen LogP contribution in [-0.2, 0) is 0 Å². The van der Waals surface area contributed by atoms with Gasteiger partial charge in [0, 0.05) is 5.39 Å². The molecule has 0 spiro atoms. The van der Waals surface area contributed by atoms with E-state index in [2.05, 4.69) is 36.6 Å². The van der Waals surface area contributed by atoms with Crippen molar-refractivity contribution >= 4 is 11.0 Å². The third-order valence-corrected chi connectivity index (χ3v) is 4.43. The molecular formula is C17H23NO. The lowest BCUT2D eigenvalue weighted by Crippen LogP contribution is -2.24. The maximum atomic E-state index is 6.05. The van der Waals surface area contributed by atoms with Crippen LogP contribution in [0.3, 0.4) is 0 Å². The predicted molar refractivity (Wildman–Crippen MR) is 79.2 cm³/mol. The average Bonchev–Trinajstić information content (AvgIpc) is 2.67. The second-order valence-electron chi connectivity index (χ2n) is 5.70. The SMILES string of the molecule is CNC(c1cc2ccccc2o1)C1CCCCCC1. The van der Waals surface area contributed by atoms with Crippen molar-refractivity contribution in [3.05, 3.63) is 36.1 Å². The monoisotopic (exact) mass is 257 g/mol. The summed E-state index contributed by atoms with van der Waals surface area (Å²) in [5, 5.41) is 4.70. The van der Waals surface area contributed by atoms with Crippen LogP contribution < -0.4 is 5.32 Å². The molecule has 1 heterocycles. The fourth-order valence-electron chi connectivity index (χ4n) is 3.41. The smallest absolute Gasteiger partial charge is 0.134 e. The molecule has 1 unspecified atom stereocenters. The largest absolute Gasteiger partial charge is 0.459 e. The van der Waals surface area contributed by atoms with Crippen LogP contribution in [0.25, 0.3) is 11.0 Å². The summed E-state index contributed by atoms with van der Waals surface area (Å²) in [4.78, 5) is 0. The fourth-order valence-corrected chi connectivity index (χ4v) is 3.41. The molecule has 2 heteroatoms. The van der Waals surface area contributed by atoms with Gasteiger partial charge >= 0.3 is 0 Å². The van der Waals surface area contributed by atoms with Gasteiger partial charge in [-0.1, -0.05) is 43.9 Å². The van der Waals surface area contributed by atoms with E-state index in [1.54, 1.807) is 0 Å². The summed E-state index contributed by atoms with van der Waals surface area (Å²) in [6.07, 6.45) is 8.16. The van der Waals surface area contributed by atoms with E-state index in [4.69, 9.17) is 4.42 Å². The van der Waals surface area contributed by atoms with E-state index in [0.29, 0.717) is 12.0 Å². The predicted octanol–water partition coefficient (Wildman–Crippen LogP) is 4.66. The second kappa shape index (κ2) is 5.79. The molecule has 1 aromatic heterocycles. The highest BCUT2D eigenvalue weighted by atomic mass is 16.3. The van der Waals surface area contributed by atoms with Crippen molar-refractivity contribution in [2.75, 3.05) is 7.05 Å². The van der Waals surface area contributed by atoms with Gasteiger partial charge in [0.25, 0.3) is 0 Å². The number of para-hydroxylation sites is 1. The standard InChI is InChI=1S/C17H23NO/c1-18-17(13-8-4-2-3-5-9-13)16-12-14-10-6-7-11-15(14)19-16/h6-7,10-13,17-18H,2-5,8-9H2,1H3. The number of fused-ring (bicyclic) bond motifs is 1. The van der Waals surface area contributed by atoms with E-state index in [1.807, 2.05) is 6.07 Å². The Morgan fingerprint density at radius 2 is 1.84 bits per heavy atom. The highest BCUT2D eigenvalue weighted by molar-refractivity contribution is 5.77. The van der Waals surface area contributed by atoms with Gasteiger partial charge in [-0.3, -0.25) is 0 Å². The highest BCUT2D eigenvalue weighted by Gasteiger charge is 2.25. The van der Waals surface area contributed by atoms with Gasteiger partial charge in [0.1, 0.15) is 11.3 Å². The van der Waals surface area contributed by atoms with Gasteiger partial charge in [-0.15, -0.1) is 0 Å². The topological polar surface area (TPSA) is 25.2 Å². The van der Waals surface area contributed by atoms with Crippen LogP contribution in [0, 0.1) is 5.92 Å². The van der Waals surface area contributed by atoms with Crippen LogP contribution in [0.4, 0.5) is 0 Å². The molecule has 0 aliphatic heterocycles. The maximum Gasteiger partial charge on any atom is 0.134 e. The summed E-state index contributed by atoms with van der Waals surface area (Å²) < 4.78 is 6.05. The first-order valence-corrected chi connectivity index (χ1v) is 7.54. The van der Waals surface area contributed by atoms with E-state index >= 15 is 0 Å². The molecule has 1 atom stereocenters. The maximum absolute atomic E-state index is 6.05. The molecule has 0 amide bonds. The summed E-state index contributed by atoms with van der Waals surface area (Å²) in [5.74, 6) is 1.82. The summed E-state index contributed by atoms with van der Waals surface area (Å²) >= 11 is 0. The Morgan fingerprint density at radius 3 is 2.53 bits per heavy atom. The molecular weight excluding hydrogens is 234 g/mol. The molecule has 1 N–H and O–H groups in total. The quantitative estimate of drug-likeness (QED) is 0.809. The van der Waals surface area contributed by atoms with Gasteiger partial charge in [0.15, 0.2) is 0 Å². The number of hydrogen-bond acceptors (Lipinski definition) is 2. The van der Waals surface area contributed by atoms with Crippen LogP contribution in [0.15, 0.2) is 34.7 Å². The van der Waals surface area contributed by atoms with Crippen molar-refractivity contribution in [3.8, 4) is 0 Å². The summed E-state index contributed by atoms with van der Waals surface area (Å²) in [6, 6.07) is 10.9. The van der Waals surface area contributed by atoms with E-state index in [9.17, 15) is 0 Å². The van der Waals surface area contributed by atoms with Crippen molar-refractivity contribution in [1.82, 2.24) is 5.32 Å². The third-order valence-electron chi connectivity index (χ3n) is 4.43. The molecule has 19 heavy (non-hydrogen) atoms. The van der Waals surface area contributed by atoms with Crippen molar-refractivity contribution in [2.45, 2.75) is 44.6 Å². The molecule has 0 radical (unpaired) electrons. The summed E-state index contributed by atoms with van der Waals surface area (Å²) in [7, 11) is 2.06.